The fraction of sp³-hybridized carbons (Fsp3) is 0.300. The van der Waals surface area contributed by atoms with Crippen molar-refractivity contribution < 1.29 is 4.74 Å². The van der Waals surface area contributed by atoms with Gasteiger partial charge >= 0.3 is 0 Å². The molecule has 0 radical (unpaired) electrons. The van der Waals surface area contributed by atoms with Gasteiger partial charge in [0, 0.05) is 18.0 Å². The molecule has 3 aromatic rings. The van der Waals surface area contributed by atoms with E-state index in [0.717, 1.165) is 5.88 Å². The Balaban J connectivity index is 1.96. The third-order valence-electron chi connectivity index (χ3n) is 4.30. The molecule has 22 heavy (non-hydrogen) atoms. The van der Waals surface area contributed by atoms with Gasteiger partial charge in [0.15, 0.2) is 5.88 Å². The SMILES string of the molecule is Cc1c(OCc2ccccc2)n(C)c2cc(C(C)C)ccc12. The highest BCUT2D eigenvalue weighted by molar-refractivity contribution is 5.87. The summed E-state index contributed by atoms with van der Waals surface area (Å²) in [7, 11) is 2.08. The second-order valence-electron chi connectivity index (χ2n) is 6.19. The van der Waals surface area contributed by atoms with Gasteiger partial charge in [0.1, 0.15) is 6.61 Å². The highest BCUT2D eigenvalue weighted by atomic mass is 16.5. The van der Waals surface area contributed by atoms with Crippen LogP contribution in [0.1, 0.15) is 36.5 Å². The summed E-state index contributed by atoms with van der Waals surface area (Å²) in [5.41, 5.74) is 5.01. The molecule has 1 heterocycles. The van der Waals surface area contributed by atoms with Gasteiger partial charge in [0.25, 0.3) is 0 Å². The average Bonchev–Trinajstić information content (AvgIpc) is 2.77. The van der Waals surface area contributed by atoms with Crippen molar-refractivity contribution >= 4 is 10.9 Å². The van der Waals surface area contributed by atoms with Gasteiger partial charge in [-0.25, -0.2) is 0 Å². The quantitative estimate of drug-likeness (QED) is 0.645. The van der Waals surface area contributed by atoms with E-state index >= 15 is 0 Å². The van der Waals surface area contributed by atoms with Crippen LogP contribution >= 0.6 is 0 Å². The minimum absolute atomic E-state index is 0.535. The molecule has 0 atom stereocenters. The molecule has 2 heteroatoms. The highest BCUT2D eigenvalue weighted by Gasteiger charge is 2.14. The Hall–Kier alpha value is -2.22. The van der Waals surface area contributed by atoms with E-state index in [9.17, 15) is 0 Å². The monoisotopic (exact) mass is 293 g/mol. The van der Waals surface area contributed by atoms with Crippen LogP contribution in [0.5, 0.6) is 5.88 Å². The van der Waals surface area contributed by atoms with Crippen LogP contribution in [0, 0.1) is 6.92 Å². The summed E-state index contributed by atoms with van der Waals surface area (Å²) < 4.78 is 8.27. The number of ether oxygens (including phenoxy) is 1. The van der Waals surface area contributed by atoms with Crippen molar-refractivity contribution in [2.75, 3.05) is 0 Å². The van der Waals surface area contributed by atoms with Gasteiger partial charge in [-0.1, -0.05) is 56.3 Å². The van der Waals surface area contributed by atoms with E-state index in [2.05, 4.69) is 62.7 Å². The first-order valence-corrected chi connectivity index (χ1v) is 7.83. The molecular formula is C20H23NO. The normalized spacial score (nSPS) is 11.3. The van der Waals surface area contributed by atoms with Crippen molar-refractivity contribution in [1.29, 1.82) is 0 Å². The Kier molecular flexibility index (Phi) is 3.93. The molecule has 0 saturated carbocycles. The third kappa shape index (κ3) is 2.61. The fourth-order valence-corrected chi connectivity index (χ4v) is 2.91. The Morgan fingerprint density at radius 3 is 2.45 bits per heavy atom. The van der Waals surface area contributed by atoms with Crippen LogP contribution < -0.4 is 4.74 Å². The van der Waals surface area contributed by atoms with Crippen molar-refractivity contribution in [3.63, 3.8) is 0 Å². The number of hydrogen-bond donors (Lipinski definition) is 0. The number of aryl methyl sites for hydroxylation is 2. The zero-order valence-corrected chi connectivity index (χ0v) is 13.8. The van der Waals surface area contributed by atoms with E-state index in [1.807, 2.05) is 18.2 Å². The molecule has 0 aliphatic rings. The third-order valence-corrected chi connectivity index (χ3v) is 4.30. The summed E-state index contributed by atoms with van der Waals surface area (Å²) in [5, 5.41) is 1.27. The van der Waals surface area contributed by atoms with Crippen LogP contribution in [0.15, 0.2) is 48.5 Å². The lowest BCUT2D eigenvalue weighted by Gasteiger charge is -2.09. The predicted molar refractivity (Wildman–Crippen MR) is 92.5 cm³/mol. The molecule has 0 N–H and O–H groups in total. The smallest absolute Gasteiger partial charge is 0.197 e. The van der Waals surface area contributed by atoms with Gasteiger partial charge in [-0.15, -0.1) is 0 Å². The number of rotatable bonds is 4. The molecule has 0 fully saturated rings. The maximum Gasteiger partial charge on any atom is 0.197 e. The van der Waals surface area contributed by atoms with Crippen LogP contribution in [0.4, 0.5) is 0 Å². The van der Waals surface area contributed by atoms with E-state index < -0.39 is 0 Å². The molecule has 2 nitrogen and oxygen atoms in total. The molecule has 114 valence electrons. The van der Waals surface area contributed by atoms with Gasteiger partial charge in [-0.05, 0) is 30.0 Å². The van der Waals surface area contributed by atoms with E-state index in [1.165, 1.54) is 27.6 Å². The first kappa shape index (κ1) is 14.7. The number of hydrogen-bond acceptors (Lipinski definition) is 1. The molecule has 3 rings (SSSR count). The number of fused-ring (bicyclic) bond motifs is 1. The molecule has 0 spiro atoms. The Morgan fingerprint density at radius 1 is 1.05 bits per heavy atom. The first-order chi connectivity index (χ1) is 10.6. The zero-order valence-electron chi connectivity index (χ0n) is 13.8. The van der Waals surface area contributed by atoms with Crippen LogP contribution in [0.2, 0.25) is 0 Å². The molecule has 1 aromatic heterocycles. The Labute approximate surface area is 132 Å². The maximum atomic E-state index is 6.10. The molecule has 2 aromatic carbocycles. The second-order valence-corrected chi connectivity index (χ2v) is 6.19. The lowest BCUT2D eigenvalue weighted by Crippen LogP contribution is -2.00. The number of benzene rings is 2. The standard InChI is InChI=1S/C20H23NO/c1-14(2)17-10-11-18-15(3)20(21(4)19(18)12-17)22-13-16-8-6-5-7-9-16/h5-12,14H,13H2,1-4H3. The lowest BCUT2D eigenvalue weighted by molar-refractivity contribution is 0.283. The Morgan fingerprint density at radius 2 is 1.77 bits per heavy atom. The van der Waals surface area contributed by atoms with E-state index in [1.54, 1.807) is 0 Å². The summed E-state index contributed by atoms with van der Waals surface area (Å²) in [4.78, 5) is 0. The van der Waals surface area contributed by atoms with Crippen molar-refractivity contribution in [2.45, 2.75) is 33.3 Å². The van der Waals surface area contributed by atoms with Crippen LogP contribution in [-0.2, 0) is 13.7 Å². The van der Waals surface area contributed by atoms with Gasteiger partial charge in [-0.2, -0.15) is 0 Å². The average molecular weight is 293 g/mol. The van der Waals surface area contributed by atoms with Gasteiger partial charge in [0.05, 0.1) is 5.52 Å². The molecular weight excluding hydrogens is 270 g/mol. The van der Waals surface area contributed by atoms with Gasteiger partial charge in [-0.3, -0.25) is 0 Å². The van der Waals surface area contributed by atoms with Crippen LogP contribution in [-0.4, -0.2) is 4.57 Å². The molecule has 0 unspecified atom stereocenters. The predicted octanol–water partition coefficient (Wildman–Crippen LogP) is 5.19. The molecule has 0 amide bonds. The summed E-state index contributed by atoms with van der Waals surface area (Å²) >= 11 is 0. The topological polar surface area (TPSA) is 14.2 Å². The number of aromatic nitrogens is 1. The highest BCUT2D eigenvalue weighted by Crippen LogP contribution is 2.32. The number of nitrogens with zero attached hydrogens (tertiary/aromatic N) is 1. The van der Waals surface area contributed by atoms with Crippen molar-refractivity contribution in [1.82, 2.24) is 4.57 Å². The zero-order chi connectivity index (χ0) is 15.7. The lowest BCUT2D eigenvalue weighted by atomic mass is 10.0. The van der Waals surface area contributed by atoms with Crippen LogP contribution in [0.25, 0.3) is 10.9 Å². The van der Waals surface area contributed by atoms with Crippen molar-refractivity contribution in [3.8, 4) is 5.88 Å². The summed E-state index contributed by atoms with van der Waals surface area (Å²) in [6.07, 6.45) is 0. The molecule has 0 aliphatic carbocycles. The van der Waals surface area contributed by atoms with Gasteiger partial charge < -0.3 is 9.30 Å². The molecule has 0 aliphatic heterocycles. The summed E-state index contributed by atoms with van der Waals surface area (Å²) in [6.45, 7) is 7.19. The molecule has 0 saturated heterocycles. The van der Waals surface area contributed by atoms with E-state index in [0.29, 0.717) is 12.5 Å². The first-order valence-electron chi connectivity index (χ1n) is 7.83. The minimum atomic E-state index is 0.535. The second kappa shape index (κ2) is 5.88. The minimum Gasteiger partial charge on any atom is -0.474 e. The Bertz CT molecular complexity index is 784. The van der Waals surface area contributed by atoms with Crippen molar-refractivity contribution in [2.24, 2.45) is 7.05 Å². The summed E-state index contributed by atoms with van der Waals surface area (Å²) in [5.74, 6) is 1.49. The largest absolute Gasteiger partial charge is 0.474 e. The van der Waals surface area contributed by atoms with Gasteiger partial charge in [0.2, 0.25) is 0 Å². The van der Waals surface area contributed by atoms with Crippen molar-refractivity contribution in [3.05, 3.63) is 65.2 Å². The maximum absolute atomic E-state index is 6.10. The van der Waals surface area contributed by atoms with E-state index in [-0.39, 0.29) is 0 Å². The van der Waals surface area contributed by atoms with E-state index in [4.69, 9.17) is 4.74 Å². The summed E-state index contributed by atoms with van der Waals surface area (Å²) in [6, 6.07) is 17.0. The molecule has 0 bridgehead atoms. The fourth-order valence-electron chi connectivity index (χ4n) is 2.91. The van der Waals surface area contributed by atoms with Crippen LogP contribution in [0.3, 0.4) is 0 Å².